The van der Waals surface area contributed by atoms with Gasteiger partial charge in [-0.2, -0.15) is 0 Å². The fraction of sp³-hybridized carbons (Fsp3) is 0.222. The second-order valence-electron chi connectivity index (χ2n) is 5.54. The lowest BCUT2D eigenvalue weighted by atomic mass is 10.1. The topological polar surface area (TPSA) is 78.9 Å². The molecule has 0 bridgehead atoms. The zero-order chi connectivity index (χ0) is 17.1. The zero-order valence-electron chi connectivity index (χ0n) is 13.3. The molecule has 0 atom stereocenters. The molecule has 1 fully saturated rings. The van der Waals surface area contributed by atoms with Gasteiger partial charge >= 0.3 is 0 Å². The number of nitrogens with one attached hydrogen (secondary N) is 1. The number of rotatable bonds is 4. The molecule has 6 nitrogen and oxygen atoms in total. The van der Waals surface area contributed by atoms with Crippen molar-refractivity contribution in [2.45, 2.75) is 12.8 Å². The van der Waals surface area contributed by atoms with Gasteiger partial charge in [0.2, 0.25) is 5.91 Å². The quantitative estimate of drug-likeness (QED) is 0.905. The lowest BCUT2D eigenvalue weighted by Crippen LogP contribution is -2.23. The van der Waals surface area contributed by atoms with E-state index in [0.717, 1.165) is 12.1 Å². The molecule has 6 heteroatoms. The van der Waals surface area contributed by atoms with Crippen LogP contribution in [0, 0.1) is 0 Å². The molecule has 0 aliphatic carbocycles. The lowest BCUT2D eigenvalue weighted by molar-refractivity contribution is -0.117. The van der Waals surface area contributed by atoms with Gasteiger partial charge in [-0.25, -0.2) is 0 Å². The third-order valence-corrected chi connectivity index (χ3v) is 3.94. The van der Waals surface area contributed by atoms with Crippen molar-refractivity contribution in [3.8, 4) is 11.5 Å². The number of methoxy groups -OCH3 is 1. The van der Waals surface area contributed by atoms with Gasteiger partial charge in [0.1, 0.15) is 11.5 Å². The molecule has 0 unspecified atom stereocenters. The highest BCUT2D eigenvalue weighted by atomic mass is 16.5. The highest BCUT2D eigenvalue weighted by molar-refractivity contribution is 6.06. The van der Waals surface area contributed by atoms with Crippen molar-refractivity contribution in [3.05, 3.63) is 48.0 Å². The summed E-state index contributed by atoms with van der Waals surface area (Å²) in [6.07, 6.45) is 1.39. The molecule has 2 aromatic rings. The fourth-order valence-electron chi connectivity index (χ4n) is 2.70. The van der Waals surface area contributed by atoms with Gasteiger partial charge in [0, 0.05) is 30.4 Å². The van der Waals surface area contributed by atoms with Crippen molar-refractivity contribution in [2.75, 3.05) is 23.9 Å². The van der Waals surface area contributed by atoms with E-state index in [1.807, 2.05) is 6.07 Å². The molecular weight excluding hydrogens is 308 g/mol. The van der Waals surface area contributed by atoms with Crippen LogP contribution >= 0.6 is 0 Å². The molecule has 0 spiro atoms. The number of benzene rings is 2. The molecule has 2 N–H and O–H groups in total. The summed E-state index contributed by atoms with van der Waals surface area (Å²) in [6, 6.07) is 11.6. The van der Waals surface area contributed by atoms with Gasteiger partial charge in [-0.3, -0.25) is 9.59 Å². The number of nitrogens with zero attached hydrogens (tertiary/aromatic N) is 1. The summed E-state index contributed by atoms with van der Waals surface area (Å²) < 4.78 is 5.00. The SMILES string of the molecule is COc1ccc(C(=O)Nc2cccc(N3CCCC3=O)c2)c(O)c1. The van der Waals surface area contributed by atoms with Gasteiger partial charge in [0.25, 0.3) is 5.91 Å². The smallest absolute Gasteiger partial charge is 0.259 e. The highest BCUT2D eigenvalue weighted by Crippen LogP contribution is 2.27. The largest absolute Gasteiger partial charge is 0.507 e. The maximum Gasteiger partial charge on any atom is 0.259 e. The van der Waals surface area contributed by atoms with Crippen LogP contribution in [0.5, 0.6) is 11.5 Å². The minimum atomic E-state index is -0.431. The minimum absolute atomic E-state index is 0.0891. The van der Waals surface area contributed by atoms with Crippen molar-refractivity contribution in [1.82, 2.24) is 0 Å². The van der Waals surface area contributed by atoms with Gasteiger partial charge in [0.05, 0.1) is 12.7 Å². The van der Waals surface area contributed by atoms with E-state index in [0.29, 0.717) is 24.4 Å². The second kappa shape index (κ2) is 6.62. The van der Waals surface area contributed by atoms with Crippen LogP contribution in [0.4, 0.5) is 11.4 Å². The molecule has 1 aliphatic heterocycles. The first-order valence-corrected chi connectivity index (χ1v) is 7.67. The van der Waals surface area contributed by atoms with E-state index in [4.69, 9.17) is 4.74 Å². The second-order valence-corrected chi connectivity index (χ2v) is 5.54. The van der Waals surface area contributed by atoms with Gasteiger partial charge in [-0.15, -0.1) is 0 Å². The van der Waals surface area contributed by atoms with E-state index in [2.05, 4.69) is 5.32 Å². The number of hydrogen-bond donors (Lipinski definition) is 2. The van der Waals surface area contributed by atoms with E-state index in [1.165, 1.54) is 19.2 Å². The Morgan fingerprint density at radius 2 is 2.08 bits per heavy atom. The normalized spacial score (nSPS) is 13.9. The van der Waals surface area contributed by atoms with Crippen LogP contribution in [0.1, 0.15) is 23.2 Å². The Hall–Kier alpha value is -3.02. The highest BCUT2D eigenvalue weighted by Gasteiger charge is 2.22. The van der Waals surface area contributed by atoms with Crippen LogP contribution in [-0.4, -0.2) is 30.6 Å². The first-order chi connectivity index (χ1) is 11.6. The summed E-state index contributed by atoms with van der Waals surface area (Å²) >= 11 is 0. The van der Waals surface area contributed by atoms with Crippen molar-refractivity contribution in [2.24, 2.45) is 0 Å². The van der Waals surface area contributed by atoms with Crippen LogP contribution in [0.25, 0.3) is 0 Å². The Balaban J connectivity index is 1.78. The predicted molar refractivity (Wildman–Crippen MR) is 90.6 cm³/mol. The number of ether oxygens (including phenoxy) is 1. The maximum absolute atomic E-state index is 12.3. The van der Waals surface area contributed by atoms with Crippen LogP contribution in [0.2, 0.25) is 0 Å². The average Bonchev–Trinajstić information content (AvgIpc) is 3.01. The number of carbonyl (C=O) groups is 2. The molecule has 2 amide bonds. The van der Waals surface area contributed by atoms with Gasteiger partial charge in [-0.05, 0) is 36.8 Å². The standard InChI is InChI=1S/C18H18N2O4/c1-24-14-7-8-15(16(21)11-14)18(23)19-12-4-2-5-13(10-12)20-9-3-6-17(20)22/h2,4-5,7-8,10-11,21H,3,6,9H2,1H3,(H,19,23). The molecule has 0 radical (unpaired) electrons. The number of carbonyl (C=O) groups excluding carboxylic acids is 2. The predicted octanol–water partition coefficient (Wildman–Crippen LogP) is 2.78. The number of aromatic hydroxyl groups is 1. The molecule has 0 aromatic heterocycles. The van der Waals surface area contributed by atoms with Crippen LogP contribution < -0.4 is 15.0 Å². The Labute approximate surface area is 139 Å². The molecular formula is C18H18N2O4. The van der Waals surface area contributed by atoms with Crippen molar-refractivity contribution >= 4 is 23.2 Å². The third kappa shape index (κ3) is 3.17. The molecule has 1 saturated heterocycles. The summed E-state index contributed by atoms with van der Waals surface area (Å²) in [5.74, 6) is -0.0253. The van der Waals surface area contributed by atoms with Gasteiger partial charge in [-0.1, -0.05) is 6.07 Å². The number of hydrogen-bond acceptors (Lipinski definition) is 4. The maximum atomic E-state index is 12.3. The van der Waals surface area contributed by atoms with E-state index in [-0.39, 0.29) is 17.2 Å². The number of phenols is 1. The summed E-state index contributed by atoms with van der Waals surface area (Å²) in [4.78, 5) is 25.9. The summed E-state index contributed by atoms with van der Waals surface area (Å²) in [5.41, 5.74) is 1.47. The molecule has 24 heavy (non-hydrogen) atoms. The number of anilines is 2. The summed E-state index contributed by atoms with van der Waals surface area (Å²) in [5, 5.41) is 12.7. The minimum Gasteiger partial charge on any atom is -0.507 e. The molecule has 124 valence electrons. The summed E-state index contributed by atoms with van der Waals surface area (Å²) in [7, 11) is 1.49. The van der Waals surface area contributed by atoms with Crippen molar-refractivity contribution in [1.29, 1.82) is 0 Å². The average molecular weight is 326 g/mol. The van der Waals surface area contributed by atoms with Gasteiger partial charge < -0.3 is 20.1 Å². The first-order valence-electron chi connectivity index (χ1n) is 7.67. The monoisotopic (exact) mass is 326 g/mol. The van der Waals surface area contributed by atoms with E-state index in [9.17, 15) is 14.7 Å². The van der Waals surface area contributed by atoms with Crippen LogP contribution in [0.3, 0.4) is 0 Å². The number of phenolic OH excluding ortho intramolecular Hbond substituents is 1. The number of amides is 2. The Morgan fingerprint density at radius 1 is 1.25 bits per heavy atom. The third-order valence-electron chi connectivity index (χ3n) is 3.94. The first kappa shape index (κ1) is 15.9. The molecule has 3 rings (SSSR count). The van der Waals surface area contributed by atoms with E-state index < -0.39 is 5.91 Å². The zero-order valence-corrected chi connectivity index (χ0v) is 13.3. The molecule has 1 heterocycles. The molecule has 1 aliphatic rings. The summed E-state index contributed by atoms with van der Waals surface area (Å²) in [6.45, 7) is 0.690. The lowest BCUT2D eigenvalue weighted by Gasteiger charge is -2.17. The van der Waals surface area contributed by atoms with Crippen LogP contribution in [-0.2, 0) is 4.79 Å². The Kier molecular flexibility index (Phi) is 4.37. The van der Waals surface area contributed by atoms with Crippen LogP contribution in [0.15, 0.2) is 42.5 Å². The van der Waals surface area contributed by atoms with E-state index in [1.54, 1.807) is 29.2 Å². The molecule has 2 aromatic carbocycles. The fourth-order valence-corrected chi connectivity index (χ4v) is 2.70. The van der Waals surface area contributed by atoms with E-state index >= 15 is 0 Å². The van der Waals surface area contributed by atoms with Gasteiger partial charge in [0.15, 0.2) is 0 Å². The van der Waals surface area contributed by atoms with Crippen molar-refractivity contribution < 1.29 is 19.4 Å². The Morgan fingerprint density at radius 3 is 2.75 bits per heavy atom. The Bertz CT molecular complexity index is 788. The molecule has 0 saturated carbocycles. The van der Waals surface area contributed by atoms with Crippen molar-refractivity contribution in [3.63, 3.8) is 0 Å².